The second kappa shape index (κ2) is 20.4. The molecule has 164 valence electrons. The zero-order valence-corrected chi connectivity index (χ0v) is 19.3. The van der Waals surface area contributed by atoms with E-state index in [0.29, 0.717) is 13.2 Å². The van der Waals surface area contributed by atoms with E-state index in [0.717, 1.165) is 32.6 Å². The first-order valence-electron chi connectivity index (χ1n) is 9.02. The lowest BCUT2D eigenvalue weighted by molar-refractivity contribution is -0.142. The van der Waals surface area contributed by atoms with Gasteiger partial charge in [-0.25, -0.2) is 0 Å². The van der Waals surface area contributed by atoms with Crippen molar-refractivity contribution in [2.24, 2.45) is 0 Å². The molecule has 1 aromatic rings. The highest BCUT2D eigenvalue weighted by atomic mass is 35.5. The number of ether oxygens (including phenoxy) is 2. The van der Waals surface area contributed by atoms with Crippen LogP contribution in [0, 0.1) is 0 Å². The molecule has 0 saturated carbocycles. The van der Waals surface area contributed by atoms with E-state index in [1.807, 2.05) is 20.2 Å². The summed E-state index contributed by atoms with van der Waals surface area (Å²) >= 11 is 0. The van der Waals surface area contributed by atoms with Gasteiger partial charge in [0.05, 0.1) is 0 Å². The highest BCUT2D eigenvalue weighted by Gasteiger charge is 2.03. The average Bonchev–Trinajstić information content (AvgIpc) is 2.60. The van der Waals surface area contributed by atoms with E-state index in [9.17, 15) is 9.59 Å². The molecular weight excluding hydrogens is 403 g/mol. The third-order valence-electron chi connectivity index (χ3n) is 3.67. The zero-order chi connectivity index (χ0) is 19.8. The number of carbonyl (C=O) groups is 2. The molecule has 0 bridgehead atoms. The van der Waals surface area contributed by atoms with Crippen LogP contribution in [0.5, 0.6) is 0 Å². The third-order valence-corrected chi connectivity index (χ3v) is 3.67. The van der Waals surface area contributed by atoms with E-state index in [4.69, 9.17) is 9.47 Å². The molecule has 0 unspecified atom stereocenters. The Morgan fingerprint density at radius 2 is 1.18 bits per heavy atom. The van der Waals surface area contributed by atoms with E-state index < -0.39 is 0 Å². The number of carbonyl (C=O) groups excluding carboxylic acids is 2. The van der Waals surface area contributed by atoms with Crippen molar-refractivity contribution in [2.45, 2.75) is 27.2 Å². The van der Waals surface area contributed by atoms with Crippen molar-refractivity contribution in [3.8, 4) is 0 Å². The molecule has 28 heavy (non-hydrogen) atoms. The van der Waals surface area contributed by atoms with E-state index in [1.165, 1.54) is 19.4 Å². The molecule has 0 radical (unpaired) electrons. The maximum absolute atomic E-state index is 10.6. The maximum Gasteiger partial charge on any atom is 0.302 e. The minimum Gasteiger partial charge on any atom is -0.465 e. The van der Waals surface area contributed by atoms with E-state index in [-0.39, 0.29) is 36.8 Å². The van der Waals surface area contributed by atoms with Crippen LogP contribution >= 0.6 is 24.8 Å². The van der Waals surface area contributed by atoms with Gasteiger partial charge < -0.3 is 19.3 Å². The molecule has 0 aliphatic rings. The van der Waals surface area contributed by atoms with Crippen LogP contribution in [0.25, 0.3) is 0 Å². The maximum atomic E-state index is 10.6. The summed E-state index contributed by atoms with van der Waals surface area (Å²) in [4.78, 5) is 25.3. The van der Waals surface area contributed by atoms with Crippen molar-refractivity contribution in [3.05, 3.63) is 35.9 Å². The van der Waals surface area contributed by atoms with Crippen molar-refractivity contribution in [3.63, 3.8) is 0 Å². The van der Waals surface area contributed by atoms with Gasteiger partial charge in [0.15, 0.2) is 0 Å². The van der Waals surface area contributed by atoms with Crippen molar-refractivity contribution in [2.75, 3.05) is 53.5 Å². The Morgan fingerprint density at radius 1 is 0.786 bits per heavy atom. The molecule has 8 heteroatoms. The Labute approximate surface area is 182 Å². The monoisotopic (exact) mass is 438 g/mol. The molecule has 0 fully saturated rings. The summed E-state index contributed by atoms with van der Waals surface area (Å²) < 4.78 is 9.72. The Bertz CT molecular complexity index is 478. The summed E-state index contributed by atoms with van der Waals surface area (Å²) in [5.74, 6) is -0.496. The van der Waals surface area contributed by atoms with Crippen LogP contribution in [0.15, 0.2) is 30.3 Å². The van der Waals surface area contributed by atoms with Crippen LogP contribution in [0.4, 0.5) is 0 Å². The number of hydrogen-bond acceptors (Lipinski definition) is 6. The Balaban J connectivity index is -0.000000525. The number of nitrogens with zero attached hydrogens (tertiary/aromatic N) is 2. The van der Waals surface area contributed by atoms with E-state index in [1.54, 1.807) is 0 Å². The summed E-state index contributed by atoms with van der Waals surface area (Å²) in [5, 5.41) is 0. The van der Waals surface area contributed by atoms with Crippen molar-refractivity contribution >= 4 is 36.8 Å². The third kappa shape index (κ3) is 21.0. The van der Waals surface area contributed by atoms with Crippen LogP contribution < -0.4 is 0 Å². The van der Waals surface area contributed by atoms with Gasteiger partial charge in [-0.15, -0.1) is 24.8 Å². The molecular formula is C20H36Cl2N2O4. The molecule has 0 aromatic heterocycles. The summed E-state index contributed by atoms with van der Waals surface area (Å²) in [7, 11) is 3.95. The van der Waals surface area contributed by atoms with E-state index >= 15 is 0 Å². The fraction of sp³-hybridized carbons (Fsp3) is 0.600. The van der Waals surface area contributed by atoms with Crippen LogP contribution in [-0.2, 0) is 25.5 Å². The normalized spacial score (nSPS) is 9.54. The number of likely N-dealkylation sites (N-methyl/N-ethyl adjacent to an activating group) is 2. The topological polar surface area (TPSA) is 59.1 Å². The van der Waals surface area contributed by atoms with Crippen molar-refractivity contribution in [1.82, 2.24) is 9.80 Å². The van der Waals surface area contributed by atoms with Crippen LogP contribution in [0.1, 0.15) is 26.3 Å². The Hall–Kier alpha value is -1.34. The lowest BCUT2D eigenvalue weighted by atomic mass is 10.2. The van der Waals surface area contributed by atoms with Gasteiger partial charge in [-0.05, 0) is 26.1 Å². The molecule has 0 atom stereocenters. The van der Waals surface area contributed by atoms with Crippen LogP contribution in [-0.4, -0.2) is 75.2 Å². The average molecular weight is 439 g/mol. The van der Waals surface area contributed by atoms with Crippen molar-refractivity contribution in [1.29, 1.82) is 0 Å². The van der Waals surface area contributed by atoms with Gasteiger partial charge >= 0.3 is 11.9 Å². The zero-order valence-electron chi connectivity index (χ0n) is 17.7. The molecule has 0 N–H and O–H groups in total. The van der Waals surface area contributed by atoms with Gasteiger partial charge in [0, 0.05) is 40.0 Å². The lowest BCUT2D eigenvalue weighted by Crippen LogP contribution is -2.34. The Kier molecular flexibility index (Phi) is 22.8. The molecule has 6 nitrogen and oxygen atoms in total. The van der Waals surface area contributed by atoms with Gasteiger partial charge in [0.2, 0.25) is 0 Å². The number of rotatable bonds is 10. The molecule has 0 aliphatic heterocycles. The summed E-state index contributed by atoms with van der Waals surface area (Å²) in [6, 6.07) is 10.5. The largest absolute Gasteiger partial charge is 0.465 e. The molecule has 0 saturated heterocycles. The van der Waals surface area contributed by atoms with Gasteiger partial charge in [-0.2, -0.15) is 0 Å². The summed E-state index contributed by atoms with van der Waals surface area (Å²) in [6.07, 6.45) is 1.14. The second-order valence-corrected chi connectivity index (χ2v) is 6.13. The number of aryl methyl sites for hydroxylation is 1. The first-order chi connectivity index (χ1) is 12.3. The predicted octanol–water partition coefficient (Wildman–Crippen LogP) is 3.07. The first-order valence-corrected chi connectivity index (χ1v) is 9.02. The molecule has 0 heterocycles. The summed E-state index contributed by atoms with van der Waals surface area (Å²) in [5.41, 5.74) is 1.41. The van der Waals surface area contributed by atoms with Gasteiger partial charge in [0.25, 0.3) is 0 Å². The number of benzene rings is 1. The number of esters is 2. The van der Waals surface area contributed by atoms with Crippen molar-refractivity contribution < 1.29 is 19.1 Å². The molecule has 1 rings (SSSR count). The van der Waals surface area contributed by atoms with Crippen LogP contribution in [0.2, 0.25) is 0 Å². The smallest absolute Gasteiger partial charge is 0.302 e. The molecule has 0 aliphatic carbocycles. The minimum atomic E-state index is -0.248. The SMILES string of the molecule is CC(=O)OCCN(C)CCN(C)CCOC(C)=O.CCc1ccccc1.Cl.Cl. The predicted molar refractivity (Wildman–Crippen MR) is 119 cm³/mol. The quantitative estimate of drug-likeness (QED) is 0.523. The van der Waals surface area contributed by atoms with Gasteiger partial charge in [-0.3, -0.25) is 9.59 Å². The molecule has 0 spiro atoms. The molecule has 1 aromatic carbocycles. The van der Waals surface area contributed by atoms with E-state index in [2.05, 4.69) is 41.0 Å². The minimum absolute atomic E-state index is 0. The van der Waals surface area contributed by atoms with Gasteiger partial charge in [-0.1, -0.05) is 37.3 Å². The summed E-state index contributed by atoms with van der Waals surface area (Å²) in [6.45, 7) is 9.00. The Morgan fingerprint density at radius 3 is 1.46 bits per heavy atom. The number of halogens is 2. The highest BCUT2D eigenvalue weighted by molar-refractivity contribution is 5.85. The second-order valence-electron chi connectivity index (χ2n) is 6.13. The fourth-order valence-corrected chi connectivity index (χ4v) is 1.97. The van der Waals surface area contributed by atoms with Crippen LogP contribution in [0.3, 0.4) is 0 Å². The number of hydrogen-bond donors (Lipinski definition) is 0. The van der Waals surface area contributed by atoms with Gasteiger partial charge in [0.1, 0.15) is 13.2 Å². The lowest BCUT2D eigenvalue weighted by Gasteiger charge is -2.21. The highest BCUT2D eigenvalue weighted by Crippen LogP contribution is 1.96. The standard InChI is InChI=1S/C12H24N2O4.C8H10.2ClH/c1-11(15)17-9-7-13(3)5-6-14(4)8-10-18-12(2)16;1-2-8-6-4-3-5-7-8;;/h5-10H2,1-4H3;3-7H,2H2,1H3;2*1H. The molecule has 0 amide bonds. The fourth-order valence-electron chi connectivity index (χ4n) is 1.97. The first kappa shape index (κ1) is 31.4.